The van der Waals surface area contributed by atoms with Crippen molar-refractivity contribution in [2.75, 3.05) is 7.11 Å². The Balaban J connectivity index is 2.05. The molecular weight excluding hydrogens is 372 g/mol. The first-order valence-electron chi connectivity index (χ1n) is 12.7. The fourth-order valence-corrected chi connectivity index (χ4v) is 13.3. The Kier molecular flexibility index (Phi) is 7.77. The van der Waals surface area contributed by atoms with Crippen LogP contribution in [0.1, 0.15) is 106 Å². The smallest absolute Gasteiger partial charge is 0.200 e. The fraction of sp³-hybridized carbons (Fsp3) is 0.923. The van der Waals surface area contributed by atoms with E-state index in [1.54, 1.807) is 5.57 Å². The monoisotopic (exact) mass is 420 g/mol. The van der Waals surface area contributed by atoms with Crippen LogP contribution in [0, 0.1) is 11.3 Å². The SMILES string of the molecule is CO[C@H]1C[C@@H](C2=CCCCC2)[C@H](O[Si](C(C)C)(C(C)C)C(C)C)C12CCCCC2. The van der Waals surface area contributed by atoms with E-state index in [2.05, 4.69) is 47.6 Å². The van der Waals surface area contributed by atoms with Gasteiger partial charge in [0.05, 0.1) is 12.2 Å². The van der Waals surface area contributed by atoms with Crippen LogP contribution in [0.25, 0.3) is 0 Å². The average Bonchev–Trinajstić information content (AvgIpc) is 2.98. The van der Waals surface area contributed by atoms with Gasteiger partial charge in [-0.25, -0.2) is 0 Å². The molecule has 0 heterocycles. The third kappa shape index (κ3) is 4.17. The van der Waals surface area contributed by atoms with Crippen LogP contribution in [0.4, 0.5) is 0 Å². The molecule has 2 saturated carbocycles. The number of methoxy groups -OCH3 is 1. The summed E-state index contributed by atoms with van der Waals surface area (Å²) in [6.45, 7) is 14.7. The van der Waals surface area contributed by atoms with Gasteiger partial charge < -0.3 is 9.16 Å². The van der Waals surface area contributed by atoms with E-state index in [1.807, 2.05) is 7.11 Å². The molecule has 2 nitrogen and oxygen atoms in total. The lowest BCUT2D eigenvalue weighted by molar-refractivity contribution is -0.0664. The predicted octanol–water partition coefficient (Wildman–Crippen LogP) is 8.03. The molecular formula is C26H48O2Si. The molecule has 2 fully saturated rings. The van der Waals surface area contributed by atoms with Gasteiger partial charge >= 0.3 is 0 Å². The number of hydrogen-bond acceptors (Lipinski definition) is 2. The number of rotatable bonds is 7. The van der Waals surface area contributed by atoms with Crippen LogP contribution in [-0.2, 0) is 9.16 Å². The van der Waals surface area contributed by atoms with Crippen LogP contribution >= 0.6 is 0 Å². The van der Waals surface area contributed by atoms with E-state index in [-0.39, 0.29) is 5.41 Å². The Bertz CT molecular complexity index is 537. The lowest BCUT2D eigenvalue weighted by Crippen LogP contribution is -2.55. The Labute approximate surface area is 182 Å². The van der Waals surface area contributed by atoms with E-state index in [4.69, 9.17) is 9.16 Å². The van der Waals surface area contributed by atoms with Gasteiger partial charge in [-0.05, 0) is 61.6 Å². The van der Waals surface area contributed by atoms with Gasteiger partial charge in [-0.2, -0.15) is 0 Å². The Hall–Kier alpha value is -0.123. The molecule has 1 spiro atoms. The molecule has 0 amide bonds. The average molecular weight is 421 g/mol. The highest BCUT2D eigenvalue weighted by atomic mass is 28.4. The molecule has 168 valence electrons. The van der Waals surface area contributed by atoms with Crippen molar-refractivity contribution >= 4 is 8.32 Å². The van der Waals surface area contributed by atoms with Crippen molar-refractivity contribution in [3.63, 3.8) is 0 Å². The van der Waals surface area contributed by atoms with Crippen LogP contribution < -0.4 is 0 Å². The molecule has 3 heteroatoms. The standard InChI is InChI=1S/C26H48O2Si/c1-19(2)29(20(3)4,21(5)6)28-25-23(22-14-10-8-11-15-22)18-24(27-7)26(25)16-12-9-13-17-26/h14,19-21,23-25H,8-13,15-18H2,1-7H3/t23-,24-,25-/m0/s1. The van der Waals surface area contributed by atoms with Gasteiger partial charge in [-0.3, -0.25) is 0 Å². The molecule has 3 atom stereocenters. The first kappa shape index (κ1) is 23.5. The topological polar surface area (TPSA) is 18.5 Å². The summed E-state index contributed by atoms with van der Waals surface area (Å²) in [4.78, 5) is 0. The van der Waals surface area contributed by atoms with E-state index in [0.717, 1.165) is 0 Å². The minimum absolute atomic E-state index is 0.243. The molecule has 0 aliphatic heterocycles. The van der Waals surface area contributed by atoms with Gasteiger partial charge in [0.2, 0.25) is 8.32 Å². The van der Waals surface area contributed by atoms with Crippen LogP contribution in [0.15, 0.2) is 11.6 Å². The maximum Gasteiger partial charge on any atom is 0.200 e. The van der Waals surface area contributed by atoms with Crippen LogP contribution in [0.5, 0.6) is 0 Å². The summed E-state index contributed by atoms with van der Waals surface area (Å²) in [6, 6.07) is 0. The van der Waals surface area contributed by atoms with Crippen molar-refractivity contribution < 1.29 is 9.16 Å². The molecule has 29 heavy (non-hydrogen) atoms. The maximum atomic E-state index is 7.69. The van der Waals surface area contributed by atoms with Gasteiger partial charge in [-0.1, -0.05) is 72.5 Å². The number of ether oxygens (including phenoxy) is 1. The van der Waals surface area contributed by atoms with Crippen molar-refractivity contribution in [3.8, 4) is 0 Å². The molecule has 0 N–H and O–H groups in total. The largest absolute Gasteiger partial charge is 0.412 e. The number of allylic oxidation sites excluding steroid dienone is 1. The molecule has 0 bridgehead atoms. The lowest BCUT2D eigenvalue weighted by Gasteiger charge is -2.51. The van der Waals surface area contributed by atoms with Crippen molar-refractivity contribution in [1.82, 2.24) is 0 Å². The molecule has 3 aliphatic carbocycles. The van der Waals surface area contributed by atoms with Crippen molar-refractivity contribution in [1.29, 1.82) is 0 Å². The Morgan fingerprint density at radius 1 is 0.897 bits per heavy atom. The molecule has 0 unspecified atom stereocenters. The molecule has 0 aromatic heterocycles. The third-order valence-corrected chi connectivity index (χ3v) is 15.0. The molecule has 3 aliphatic rings. The molecule has 0 aromatic carbocycles. The van der Waals surface area contributed by atoms with E-state index in [9.17, 15) is 0 Å². The van der Waals surface area contributed by atoms with Gasteiger partial charge in [0.1, 0.15) is 0 Å². The Morgan fingerprint density at radius 3 is 2.00 bits per heavy atom. The normalized spacial score (nSPS) is 30.6. The molecule has 0 aromatic rings. The van der Waals surface area contributed by atoms with Gasteiger partial charge in [-0.15, -0.1) is 0 Å². The maximum absolute atomic E-state index is 7.69. The summed E-state index contributed by atoms with van der Waals surface area (Å²) in [5.41, 5.74) is 3.89. The highest BCUT2D eigenvalue weighted by molar-refractivity contribution is 6.77. The zero-order chi connectivity index (χ0) is 21.2. The highest BCUT2D eigenvalue weighted by Gasteiger charge is 2.60. The third-order valence-electron chi connectivity index (χ3n) is 8.95. The first-order chi connectivity index (χ1) is 13.8. The minimum Gasteiger partial charge on any atom is -0.412 e. The quantitative estimate of drug-likeness (QED) is 0.306. The summed E-state index contributed by atoms with van der Waals surface area (Å²) in [7, 11) is 0.0329. The van der Waals surface area contributed by atoms with E-state index in [0.29, 0.717) is 34.7 Å². The summed E-state index contributed by atoms with van der Waals surface area (Å²) >= 11 is 0. The highest BCUT2D eigenvalue weighted by Crippen LogP contribution is 2.59. The lowest BCUT2D eigenvalue weighted by atomic mass is 9.69. The van der Waals surface area contributed by atoms with Crippen LogP contribution in [0.3, 0.4) is 0 Å². The van der Waals surface area contributed by atoms with Crippen LogP contribution in [-0.4, -0.2) is 27.6 Å². The number of hydrogen-bond donors (Lipinski definition) is 0. The second-order valence-electron chi connectivity index (χ2n) is 11.2. The first-order valence-corrected chi connectivity index (χ1v) is 14.8. The molecule has 0 radical (unpaired) electrons. The summed E-state index contributed by atoms with van der Waals surface area (Å²) in [5, 5.41) is 0. The summed E-state index contributed by atoms with van der Waals surface area (Å²) < 4.78 is 14.0. The molecule has 0 saturated heterocycles. The summed E-state index contributed by atoms with van der Waals surface area (Å²) in [5.74, 6) is 0.585. The van der Waals surface area contributed by atoms with E-state index in [1.165, 1.54) is 64.2 Å². The van der Waals surface area contributed by atoms with E-state index < -0.39 is 8.32 Å². The van der Waals surface area contributed by atoms with Crippen molar-refractivity contribution in [2.24, 2.45) is 11.3 Å². The van der Waals surface area contributed by atoms with Crippen molar-refractivity contribution in [2.45, 2.75) is 135 Å². The van der Waals surface area contributed by atoms with Gasteiger partial charge in [0.15, 0.2) is 0 Å². The fourth-order valence-electron chi connectivity index (χ4n) is 7.69. The zero-order valence-electron chi connectivity index (χ0n) is 20.4. The second-order valence-corrected chi connectivity index (χ2v) is 16.6. The Morgan fingerprint density at radius 2 is 1.52 bits per heavy atom. The molecule has 3 rings (SSSR count). The van der Waals surface area contributed by atoms with Crippen LogP contribution in [0.2, 0.25) is 16.6 Å². The zero-order valence-corrected chi connectivity index (χ0v) is 21.4. The summed E-state index contributed by atoms with van der Waals surface area (Å²) in [6.07, 6.45) is 16.5. The minimum atomic E-state index is -1.93. The van der Waals surface area contributed by atoms with Crippen molar-refractivity contribution in [3.05, 3.63) is 11.6 Å². The predicted molar refractivity (Wildman–Crippen MR) is 127 cm³/mol. The van der Waals surface area contributed by atoms with Gasteiger partial charge in [0, 0.05) is 18.4 Å². The second kappa shape index (κ2) is 9.57. The van der Waals surface area contributed by atoms with Gasteiger partial charge in [0.25, 0.3) is 0 Å². The van der Waals surface area contributed by atoms with E-state index >= 15 is 0 Å².